The highest BCUT2D eigenvalue weighted by Crippen LogP contribution is 2.24. The zero-order chi connectivity index (χ0) is 23.3. The van der Waals surface area contributed by atoms with Gasteiger partial charge in [-0.1, -0.05) is 18.6 Å². The molecule has 0 aliphatic carbocycles. The van der Waals surface area contributed by atoms with Crippen LogP contribution in [0.15, 0.2) is 58.4 Å². The third kappa shape index (κ3) is 5.90. The van der Waals surface area contributed by atoms with Crippen molar-refractivity contribution in [1.29, 1.82) is 0 Å². The Balaban J connectivity index is 1.11. The molecule has 1 unspecified atom stereocenters. The van der Waals surface area contributed by atoms with Crippen LogP contribution in [0.5, 0.6) is 0 Å². The van der Waals surface area contributed by atoms with E-state index in [0.717, 1.165) is 44.5 Å². The van der Waals surface area contributed by atoms with Gasteiger partial charge in [-0.25, -0.2) is 12.8 Å². The molecule has 0 bridgehead atoms. The molecule has 176 valence electrons. The third-order valence-electron chi connectivity index (χ3n) is 6.06. The van der Waals surface area contributed by atoms with Gasteiger partial charge in [0.05, 0.1) is 4.90 Å². The van der Waals surface area contributed by atoms with Crippen LogP contribution in [0.25, 0.3) is 0 Å². The number of anilines is 1. The summed E-state index contributed by atoms with van der Waals surface area (Å²) in [4.78, 5) is 19.1. The van der Waals surface area contributed by atoms with Crippen LogP contribution in [0.4, 0.5) is 10.1 Å². The first-order valence-corrected chi connectivity index (χ1v) is 12.8. The Labute approximate surface area is 194 Å². The lowest BCUT2D eigenvalue weighted by Gasteiger charge is -2.18. The van der Waals surface area contributed by atoms with Gasteiger partial charge >= 0.3 is 0 Å². The standard InChI is InChI=1S/C24H29FN4O3S/c25-19-9-11-20(12-10-19)29-15-13-18(17-29)16-27-23(30)8-2-1-5-14-26-24-21-6-3-4-7-22(21)33(31,32)28-24/h3-4,6-7,9-12,18H,1-2,5,8,13-17H2,(H,26,28)(H,27,30). The van der Waals surface area contributed by atoms with Crippen molar-refractivity contribution in [3.63, 3.8) is 0 Å². The fourth-order valence-electron chi connectivity index (χ4n) is 4.25. The summed E-state index contributed by atoms with van der Waals surface area (Å²) in [6.07, 6.45) is 3.88. The van der Waals surface area contributed by atoms with Crippen LogP contribution < -0.4 is 14.9 Å². The summed E-state index contributed by atoms with van der Waals surface area (Å²) in [6, 6.07) is 13.3. The molecular formula is C24H29FN4O3S. The number of benzene rings is 2. The Morgan fingerprint density at radius 3 is 2.73 bits per heavy atom. The average Bonchev–Trinajstić information content (AvgIpc) is 3.38. The Bertz CT molecular complexity index is 1120. The Morgan fingerprint density at radius 1 is 1.12 bits per heavy atom. The second kappa shape index (κ2) is 10.3. The number of hydrogen-bond donors (Lipinski definition) is 2. The van der Waals surface area contributed by atoms with Crippen molar-refractivity contribution in [2.75, 3.05) is 31.1 Å². The lowest BCUT2D eigenvalue weighted by molar-refractivity contribution is -0.121. The molecule has 9 heteroatoms. The molecule has 1 saturated heterocycles. The second-order valence-electron chi connectivity index (χ2n) is 8.52. The molecule has 4 rings (SSSR count). The first kappa shape index (κ1) is 23.2. The molecule has 0 radical (unpaired) electrons. The number of carbonyl (C=O) groups excluding carboxylic acids is 1. The quantitative estimate of drug-likeness (QED) is 0.549. The van der Waals surface area contributed by atoms with E-state index in [1.54, 1.807) is 36.4 Å². The SMILES string of the molecule is O=C(CCCCCN=C1NS(=O)(=O)c2ccccc21)NCC1CCN(c2ccc(F)cc2)C1. The lowest BCUT2D eigenvalue weighted by Crippen LogP contribution is -2.30. The van der Waals surface area contributed by atoms with Crippen molar-refractivity contribution in [1.82, 2.24) is 10.0 Å². The minimum absolute atomic E-state index is 0.0547. The molecule has 2 N–H and O–H groups in total. The molecule has 2 aliphatic rings. The zero-order valence-corrected chi connectivity index (χ0v) is 19.3. The van der Waals surface area contributed by atoms with Crippen molar-refractivity contribution in [3.05, 3.63) is 59.9 Å². The molecule has 1 atom stereocenters. The Hall–Kier alpha value is -2.94. The van der Waals surface area contributed by atoms with Crippen molar-refractivity contribution in [2.45, 2.75) is 37.0 Å². The minimum atomic E-state index is -3.50. The largest absolute Gasteiger partial charge is 0.371 e. The normalized spacial score (nSPS) is 20.0. The van der Waals surface area contributed by atoms with Crippen molar-refractivity contribution < 1.29 is 17.6 Å². The third-order valence-corrected chi connectivity index (χ3v) is 7.46. The summed E-state index contributed by atoms with van der Waals surface area (Å²) in [7, 11) is -3.50. The van der Waals surface area contributed by atoms with Gasteiger partial charge in [-0.05, 0) is 61.6 Å². The number of carbonyl (C=O) groups is 1. The summed E-state index contributed by atoms with van der Waals surface area (Å²) in [5.74, 6) is 0.615. The van der Waals surface area contributed by atoms with E-state index in [4.69, 9.17) is 0 Å². The maximum atomic E-state index is 13.1. The molecule has 2 aliphatic heterocycles. The van der Waals surface area contributed by atoms with E-state index in [0.29, 0.717) is 36.8 Å². The summed E-state index contributed by atoms with van der Waals surface area (Å²) < 4.78 is 39.7. The number of unbranched alkanes of at least 4 members (excludes halogenated alkanes) is 2. The Kier molecular flexibility index (Phi) is 7.27. The summed E-state index contributed by atoms with van der Waals surface area (Å²) in [6.45, 7) is 2.94. The molecule has 33 heavy (non-hydrogen) atoms. The van der Waals surface area contributed by atoms with E-state index in [1.807, 2.05) is 0 Å². The molecule has 0 saturated carbocycles. The molecule has 1 amide bonds. The topological polar surface area (TPSA) is 90.9 Å². The minimum Gasteiger partial charge on any atom is -0.371 e. The molecule has 2 aromatic carbocycles. The number of amides is 1. The van der Waals surface area contributed by atoms with Gasteiger partial charge in [-0.15, -0.1) is 0 Å². The average molecular weight is 473 g/mol. The fraction of sp³-hybridized carbons (Fsp3) is 0.417. The highest BCUT2D eigenvalue weighted by Gasteiger charge is 2.29. The first-order chi connectivity index (χ1) is 15.9. The summed E-state index contributed by atoms with van der Waals surface area (Å²) in [5.41, 5.74) is 1.63. The van der Waals surface area contributed by atoms with Crippen LogP contribution in [0.1, 0.15) is 37.7 Å². The number of nitrogens with zero attached hydrogens (tertiary/aromatic N) is 2. The van der Waals surface area contributed by atoms with E-state index >= 15 is 0 Å². The second-order valence-corrected chi connectivity index (χ2v) is 10.2. The van der Waals surface area contributed by atoms with Gasteiger partial charge in [0.1, 0.15) is 11.7 Å². The predicted molar refractivity (Wildman–Crippen MR) is 126 cm³/mol. The number of sulfonamides is 1. The van der Waals surface area contributed by atoms with E-state index in [2.05, 4.69) is 19.9 Å². The molecule has 0 spiro atoms. The number of rotatable bonds is 9. The van der Waals surface area contributed by atoms with Crippen molar-refractivity contribution in [2.24, 2.45) is 10.9 Å². The van der Waals surface area contributed by atoms with Crippen LogP contribution in [-0.4, -0.2) is 46.3 Å². The predicted octanol–water partition coefficient (Wildman–Crippen LogP) is 3.07. The summed E-state index contributed by atoms with van der Waals surface area (Å²) >= 11 is 0. The van der Waals surface area contributed by atoms with Crippen molar-refractivity contribution in [3.8, 4) is 0 Å². The van der Waals surface area contributed by atoms with E-state index in [1.165, 1.54) is 12.1 Å². The first-order valence-electron chi connectivity index (χ1n) is 11.4. The summed E-state index contributed by atoms with van der Waals surface area (Å²) in [5, 5.41) is 3.03. The van der Waals surface area contributed by atoms with Gasteiger partial charge in [0.15, 0.2) is 0 Å². The van der Waals surface area contributed by atoms with Gasteiger partial charge in [0.2, 0.25) is 5.91 Å². The van der Waals surface area contributed by atoms with E-state index < -0.39 is 10.0 Å². The maximum absolute atomic E-state index is 13.1. The maximum Gasteiger partial charge on any atom is 0.263 e. The van der Waals surface area contributed by atoms with Crippen molar-refractivity contribution >= 4 is 27.5 Å². The number of halogens is 1. The molecule has 1 fully saturated rings. The molecule has 0 aromatic heterocycles. The van der Waals surface area contributed by atoms with Crippen LogP contribution in [0.2, 0.25) is 0 Å². The zero-order valence-electron chi connectivity index (χ0n) is 18.5. The van der Waals surface area contributed by atoms with Crippen LogP contribution in [0.3, 0.4) is 0 Å². The monoisotopic (exact) mass is 472 g/mol. The number of aliphatic imine (C=N–C) groups is 1. The number of fused-ring (bicyclic) bond motifs is 1. The van der Waals surface area contributed by atoms with E-state index in [9.17, 15) is 17.6 Å². The number of amidine groups is 1. The van der Waals surface area contributed by atoms with Crippen LogP contribution >= 0.6 is 0 Å². The number of hydrogen-bond acceptors (Lipinski definition) is 5. The van der Waals surface area contributed by atoms with Crippen LogP contribution in [-0.2, 0) is 14.8 Å². The fourth-order valence-corrected chi connectivity index (χ4v) is 5.50. The molecule has 2 aromatic rings. The number of nitrogens with one attached hydrogen (secondary N) is 2. The Morgan fingerprint density at radius 2 is 1.91 bits per heavy atom. The smallest absolute Gasteiger partial charge is 0.263 e. The van der Waals surface area contributed by atoms with Gasteiger partial charge in [-0.2, -0.15) is 0 Å². The van der Waals surface area contributed by atoms with Gasteiger partial charge in [0.25, 0.3) is 10.0 Å². The lowest BCUT2D eigenvalue weighted by atomic mass is 10.1. The van der Waals surface area contributed by atoms with Gasteiger partial charge in [0, 0.05) is 43.9 Å². The molecular weight excluding hydrogens is 443 g/mol. The molecule has 7 nitrogen and oxygen atoms in total. The highest BCUT2D eigenvalue weighted by atomic mass is 32.2. The van der Waals surface area contributed by atoms with Crippen LogP contribution in [0, 0.1) is 11.7 Å². The van der Waals surface area contributed by atoms with Gasteiger partial charge in [-0.3, -0.25) is 14.5 Å². The van der Waals surface area contributed by atoms with Gasteiger partial charge < -0.3 is 10.2 Å². The highest BCUT2D eigenvalue weighted by molar-refractivity contribution is 7.90. The molecule has 2 heterocycles. The van der Waals surface area contributed by atoms with E-state index in [-0.39, 0.29) is 16.6 Å².